The Morgan fingerprint density at radius 2 is 1.76 bits per heavy atom. The first-order valence-corrected chi connectivity index (χ1v) is 7.41. The number of carbonyl (C=O) groups is 1. The van der Waals surface area contributed by atoms with Gasteiger partial charge in [0.15, 0.2) is 17.6 Å². The molecule has 2 amide bonds. The summed E-state index contributed by atoms with van der Waals surface area (Å²) in [7, 11) is 0. The van der Waals surface area contributed by atoms with Crippen LogP contribution >= 0.6 is 0 Å². The van der Waals surface area contributed by atoms with Gasteiger partial charge in [-0.15, -0.1) is 0 Å². The zero-order chi connectivity index (χ0) is 17.3. The van der Waals surface area contributed by atoms with E-state index in [9.17, 15) is 13.6 Å². The molecule has 0 saturated heterocycles. The van der Waals surface area contributed by atoms with Gasteiger partial charge in [-0.25, -0.2) is 13.6 Å². The summed E-state index contributed by atoms with van der Waals surface area (Å²) >= 11 is 0. The zero-order valence-corrected chi connectivity index (χ0v) is 12.8. The summed E-state index contributed by atoms with van der Waals surface area (Å²) in [6.07, 6.45) is 0.589. The maximum atomic E-state index is 14.2. The fourth-order valence-corrected chi connectivity index (χ4v) is 2.89. The van der Waals surface area contributed by atoms with Gasteiger partial charge in [0.25, 0.3) is 0 Å². The van der Waals surface area contributed by atoms with E-state index in [2.05, 4.69) is 4.99 Å². The highest BCUT2D eigenvalue weighted by atomic mass is 19.2. The van der Waals surface area contributed by atoms with Crippen LogP contribution < -0.4 is 11.5 Å². The number of benzene rings is 2. The van der Waals surface area contributed by atoms with E-state index in [1.807, 2.05) is 6.07 Å². The highest BCUT2D eigenvalue weighted by Gasteiger charge is 2.24. The Balaban J connectivity index is 0.00000225. The van der Waals surface area contributed by atoms with Gasteiger partial charge >= 0.3 is 6.03 Å². The molecule has 0 aliphatic carbocycles. The van der Waals surface area contributed by atoms with Gasteiger partial charge in [0.2, 0.25) is 0 Å². The number of fused-ring (bicyclic) bond motifs is 1. The standard InChI is InChI=1S/C17H16F2N4O.CH4/c18-14-6-2-5-12(15(14)19)11-4-1-3-10-7-8-23(9-13(10)11)17(24)22-16(20)21;/h1-6H,7-9H2,(H4,20,21,22,24);1H4. The lowest BCUT2D eigenvalue weighted by Gasteiger charge is -2.29. The average molecular weight is 346 g/mol. The third-order valence-electron chi connectivity index (χ3n) is 4.01. The van der Waals surface area contributed by atoms with Crippen molar-refractivity contribution in [2.24, 2.45) is 16.5 Å². The lowest BCUT2D eigenvalue weighted by Crippen LogP contribution is -2.36. The van der Waals surface area contributed by atoms with E-state index in [0.29, 0.717) is 18.5 Å². The fourth-order valence-electron chi connectivity index (χ4n) is 2.89. The summed E-state index contributed by atoms with van der Waals surface area (Å²) in [5.41, 5.74) is 13.0. The SMILES string of the molecule is C.NC(N)=NC(=O)N1CCc2cccc(-c3cccc(F)c3F)c2C1. The lowest BCUT2D eigenvalue weighted by atomic mass is 9.91. The number of aliphatic imine (C=N–C) groups is 1. The van der Waals surface area contributed by atoms with Gasteiger partial charge < -0.3 is 16.4 Å². The molecular formula is C18H20F2N4O. The second-order valence-corrected chi connectivity index (χ2v) is 5.54. The molecule has 0 radical (unpaired) electrons. The van der Waals surface area contributed by atoms with Crippen molar-refractivity contribution < 1.29 is 13.6 Å². The third kappa shape index (κ3) is 3.60. The summed E-state index contributed by atoms with van der Waals surface area (Å²) in [6.45, 7) is 0.689. The van der Waals surface area contributed by atoms with Crippen LogP contribution in [0.25, 0.3) is 11.1 Å². The molecule has 25 heavy (non-hydrogen) atoms. The highest BCUT2D eigenvalue weighted by Crippen LogP contribution is 2.32. The molecule has 7 heteroatoms. The molecular weight excluding hydrogens is 326 g/mol. The molecule has 0 unspecified atom stereocenters. The van der Waals surface area contributed by atoms with Crippen LogP contribution in [-0.4, -0.2) is 23.4 Å². The van der Waals surface area contributed by atoms with E-state index < -0.39 is 17.7 Å². The van der Waals surface area contributed by atoms with Crippen LogP contribution in [0.4, 0.5) is 13.6 Å². The minimum Gasteiger partial charge on any atom is -0.370 e. The van der Waals surface area contributed by atoms with E-state index in [4.69, 9.17) is 11.5 Å². The smallest absolute Gasteiger partial charge is 0.347 e. The summed E-state index contributed by atoms with van der Waals surface area (Å²) in [5, 5.41) is 0. The van der Waals surface area contributed by atoms with E-state index in [1.165, 1.54) is 17.0 Å². The van der Waals surface area contributed by atoms with Crippen molar-refractivity contribution in [2.75, 3.05) is 6.54 Å². The molecule has 132 valence electrons. The number of rotatable bonds is 1. The highest BCUT2D eigenvalue weighted by molar-refractivity contribution is 5.90. The van der Waals surface area contributed by atoms with Crippen molar-refractivity contribution in [3.05, 3.63) is 59.2 Å². The summed E-state index contributed by atoms with van der Waals surface area (Å²) < 4.78 is 27.7. The molecule has 2 aromatic rings. The Hall–Kier alpha value is -2.96. The predicted octanol–water partition coefficient (Wildman–Crippen LogP) is 3.02. The average Bonchev–Trinajstić information content (AvgIpc) is 2.56. The van der Waals surface area contributed by atoms with E-state index in [-0.39, 0.29) is 25.5 Å². The molecule has 3 rings (SSSR count). The van der Waals surface area contributed by atoms with E-state index in [0.717, 1.165) is 17.2 Å². The molecule has 0 spiro atoms. The first-order chi connectivity index (χ1) is 11.5. The molecule has 0 saturated carbocycles. The number of guanidine groups is 1. The number of carbonyl (C=O) groups excluding carboxylic acids is 1. The van der Waals surface area contributed by atoms with Gasteiger partial charge in [-0.1, -0.05) is 37.8 Å². The number of halogens is 2. The molecule has 1 aliphatic rings. The number of nitrogens with zero attached hydrogens (tertiary/aromatic N) is 2. The topological polar surface area (TPSA) is 84.7 Å². The van der Waals surface area contributed by atoms with Crippen LogP contribution in [0.1, 0.15) is 18.6 Å². The van der Waals surface area contributed by atoms with Crippen molar-refractivity contribution in [2.45, 2.75) is 20.4 Å². The first kappa shape index (κ1) is 18.4. The van der Waals surface area contributed by atoms with Gasteiger partial charge in [-0.3, -0.25) is 0 Å². The molecule has 5 nitrogen and oxygen atoms in total. The maximum Gasteiger partial charge on any atom is 0.347 e. The number of hydrogen-bond donors (Lipinski definition) is 2. The van der Waals surface area contributed by atoms with Gasteiger partial charge in [0, 0.05) is 18.7 Å². The predicted molar refractivity (Wildman–Crippen MR) is 93.8 cm³/mol. The molecule has 1 heterocycles. The molecule has 0 atom stereocenters. The largest absolute Gasteiger partial charge is 0.370 e. The van der Waals surface area contributed by atoms with Gasteiger partial charge in [0.1, 0.15) is 0 Å². The summed E-state index contributed by atoms with van der Waals surface area (Å²) in [6, 6.07) is 8.93. The van der Waals surface area contributed by atoms with Crippen molar-refractivity contribution in [3.8, 4) is 11.1 Å². The van der Waals surface area contributed by atoms with Crippen molar-refractivity contribution in [3.63, 3.8) is 0 Å². The summed E-state index contributed by atoms with van der Waals surface area (Å²) in [4.78, 5) is 17.0. The van der Waals surface area contributed by atoms with Crippen LogP contribution in [0.15, 0.2) is 41.4 Å². The number of hydrogen-bond acceptors (Lipinski definition) is 1. The Morgan fingerprint density at radius 1 is 1.08 bits per heavy atom. The first-order valence-electron chi connectivity index (χ1n) is 7.41. The normalized spacial score (nSPS) is 12.8. The van der Waals surface area contributed by atoms with Crippen LogP contribution in [-0.2, 0) is 13.0 Å². The number of amides is 2. The fraction of sp³-hybridized carbons (Fsp3) is 0.222. The van der Waals surface area contributed by atoms with Gasteiger partial charge in [0.05, 0.1) is 0 Å². The second-order valence-electron chi connectivity index (χ2n) is 5.54. The molecule has 2 aromatic carbocycles. The second kappa shape index (κ2) is 7.29. The number of urea groups is 1. The van der Waals surface area contributed by atoms with Crippen molar-refractivity contribution in [1.29, 1.82) is 0 Å². The minimum absolute atomic E-state index is 0. The quantitative estimate of drug-likeness (QED) is 0.615. The summed E-state index contributed by atoms with van der Waals surface area (Å²) in [5.74, 6) is -2.12. The van der Waals surface area contributed by atoms with Crippen LogP contribution in [0.3, 0.4) is 0 Å². The molecule has 0 fully saturated rings. The third-order valence-corrected chi connectivity index (χ3v) is 4.01. The minimum atomic E-state index is -0.908. The molecule has 0 bridgehead atoms. The van der Waals surface area contributed by atoms with Crippen molar-refractivity contribution >= 4 is 12.0 Å². The maximum absolute atomic E-state index is 14.2. The van der Waals surface area contributed by atoms with Gasteiger partial charge in [-0.2, -0.15) is 4.99 Å². The number of nitrogens with two attached hydrogens (primary N) is 2. The molecule has 0 aromatic heterocycles. The van der Waals surface area contributed by atoms with Crippen LogP contribution in [0.5, 0.6) is 0 Å². The van der Waals surface area contributed by atoms with Gasteiger partial charge in [-0.05, 0) is 29.2 Å². The Morgan fingerprint density at radius 3 is 2.48 bits per heavy atom. The zero-order valence-electron chi connectivity index (χ0n) is 12.8. The Kier molecular flexibility index (Phi) is 5.36. The lowest BCUT2D eigenvalue weighted by molar-refractivity contribution is 0.203. The molecule has 1 aliphatic heterocycles. The Labute approximate surface area is 145 Å². The van der Waals surface area contributed by atoms with Crippen LogP contribution in [0, 0.1) is 11.6 Å². The molecule has 4 N–H and O–H groups in total. The van der Waals surface area contributed by atoms with Crippen molar-refractivity contribution in [1.82, 2.24) is 4.90 Å². The van der Waals surface area contributed by atoms with E-state index in [1.54, 1.807) is 12.1 Å². The monoisotopic (exact) mass is 346 g/mol. The Bertz CT molecular complexity index is 832. The van der Waals surface area contributed by atoms with Crippen LogP contribution in [0.2, 0.25) is 0 Å². The van der Waals surface area contributed by atoms with E-state index >= 15 is 0 Å².